The Morgan fingerprint density at radius 3 is 1.83 bits per heavy atom. The maximum atomic E-state index is 5.28. The van der Waals surface area contributed by atoms with Crippen molar-refractivity contribution >= 4 is 11.1 Å². The van der Waals surface area contributed by atoms with Gasteiger partial charge in [-0.15, -0.1) is 0 Å². The lowest BCUT2D eigenvalue weighted by atomic mass is 10.1. The molecule has 3 nitrogen and oxygen atoms in total. The second kappa shape index (κ2) is 4.92. The van der Waals surface area contributed by atoms with E-state index in [-0.39, 0.29) is 0 Å². The lowest BCUT2D eigenvalue weighted by Crippen LogP contribution is -2.03. The number of hydrogen-bond acceptors (Lipinski definition) is 3. The van der Waals surface area contributed by atoms with Crippen molar-refractivity contribution in [3.63, 3.8) is 0 Å². The van der Waals surface area contributed by atoms with Gasteiger partial charge in [0.2, 0.25) is 0 Å². The van der Waals surface area contributed by atoms with Crippen LogP contribution in [0, 0.1) is 0 Å². The third kappa shape index (κ3) is 2.20. The van der Waals surface area contributed by atoms with Crippen molar-refractivity contribution in [1.29, 1.82) is 0 Å². The zero-order chi connectivity index (χ0) is 12.2. The Morgan fingerprint density at radius 1 is 0.833 bits per heavy atom. The molecule has 0 aromatic carbocycles. The summed E-state index contributed by atoms with van der Waals surface area (Å²) in [5.41, 5.74) is 4.08. The van der Waals surface area contributed by atoms with E-state index in [4.69, 9.17) is 9.47 Å². The van der Waals surface area contributed by atoms with Crippen LogP contribution >= 0.6 is 0 Å². The third-order valence-electron chi connectivity index (χ3n) is 2.83. The normalized spacial score (nSPS) is 17.6. The highest BCUT2D eigenvalue weighted by molar-refractivity contribution is 5.70. The summed E-state index contributed by atoms with van der Waals surface area (Å²) in [5, 5.41) is 0. The van der Waals surface area contributed by atoms with E-state index in [1.807, 2.05) is 42.5 Å². The van der Waals surface area contributed by atoms with Gasteiger partial charge in [0.15, 0.2) is 0 Å². The Bertz CT molecular complexity index is 520. The highest BCUT2D eigenvalue weighted by Gasteiger charge is 2.09. The molecule has 0 bridgehead atoms. The molecule has 0 amide bonds. The fraction of sp³-hybridized carbons (Fsp3) is 0.133. The van der Waals surface area contributed by atoms with Gasteiger partial charge in [-0.1, -0.05) is 18.2 Å². The summed E-state index contributed by atoms with van der Waals surface area (Å²) < 4.78 is 10.6. The fourth-order valence-corrected chi connectivity index (χ4v) is 1.91. The zero-order valence-electron chi connectivity index (χ0n) is 9.87. The quantitative estimate of drug-likeness (QED) is 0.795. The number of rotatable bonds is 2. The molecule has 0 unspecified atom stereocenters. The number of pyridine rings is 1. The Balaban J connectivity index is 1.94. The molecule has 0 saturated carbocycles. The SMILES string of the molecule is C1=COCC(c2cccc(C3=CC=COC3)n2)=C1. The van der Waals surface area contributed by atoms with Crippen LogP contribution in [-0.4, -0.2) is 18.2 Å². The van der Waals surface area contributed by atoms with E-state index >= 15 is 0 Å². The first-order valence-corrected chi connectivity index (χ1v) is 5.86. The minimum Gasteiger partial charge on any atom is -0.496 e. The van der Waals surface area contributed by atoms with Crippen molar-refractivity contribution in [2.45, 2.75) is 0 Å². The molecule has 0 aliphatic carbocycles. The molecule has 0 N–H and O–H groups in total. The fourth-order valence-electron chi connectivity index (χ4n) is 1.91. The Labute approximate surface area is 106 Å². The second-order valence-corrected chi connectivity index (χ2v) is 4.07. The second-order valence-electron chi connectivity index (χ2n) is 4.07. The van der Waals surface area contributed by atoms with E-state index in [2.05, 4.69) is 4.98 Å². The number of aromatic nitrogens is 1. The van der Waals surface area contributed by atoms with Crippen molar-refractivity contribution in [3.05, 3.63) is 66.4 Å². The van der Waals surface area contributed by atoms with Gasteiger partial charge in [0, 0.05) is 11.1 Å². The van der Waals surface area contributed by atoms with Gasteiger partial charge in [-0.05, 0) is 24.3 Å². The first kappa shape index (κ1) is 10.8. The Morgan fingerprint density at radius 2 is 1.39 bits per heavy atom. The predicted molar refractivity (Wildman–Crippen MR) is 70.4 cm³/mol. The van der Waals surface area contributed by atoms with Crippen LogP contribution in [0.25, 0.3) is 11.1 Å². The van der Waals surface area contributed by atoms with Gasteiger partial charge < -0.3 is 9.47 Å². The van der Waals surface area contributed by atoms with Crippen LogP contribution < -0.4 is 0 Å². The number of hydrogen-bond donors (Lipinski definition) is 0. The highest BCUT2D eigenvalue weighted by atomic mass is 16.5. The molecule has 0 fully saturated rings. The minimum atomic E-state index is 0.572. The molecule has 1 aromatic rings. The molecule has 0 atom stereocenters. The molecule has 0 saturated heterocycles. The summed E-state index contributed by atoms with van der Waals surface area (Å²) in [5.74, 6) is 0. The molecule has 0 spiro atoms. The molecule has 1 aromatic heterocycles. The number of nitrogens with zero attached hydrogens (tertiary/aromatic N) is 1. The number of ether oxygens (including phenoxy) is 2. The van der Waals surface area contributed by atoms with Crippen LogP contribution in [0.15, 0.2) is 55.0 Å². The van der Waals surface area contributed by atoms with Gasteiger partial charge in [0.25, 0.3) is 0 Å². The van der Waals surface area contributed by atoms with Crippen molar-refractivity contribution in [3.8, 4) is 0 Å². The first-order chi connectivity index (χ1) is 8.93. The monoisotopic (exact) mass is 239 g/mol. The van der Waals surface area contributed by atoms with E-state index in [1.165, 1.54) is 0 Å². The summed E-state index contributed by atoms with van der Waals surface area (Å²) in [4.78, 5) is 4.66. The lowest BCUT2D eigenvalue weighted by molar-refractivity contribution is 0.292. The molecular formula is C15H13NO2. The van der Waals surface area contributed by atoms with E-state index in [0.29, 0.717) is 13.2 Å². The highest BCUT2D eigenvalue weighted by Crippen LogP contribution is 2.20. The van der Waals surface area contributed by atoms with Crippen LogP contribution in [0.5, 0.6) is 0 Å². The summed E-state index contributed by atoms with van der Waals surface area (Å²) >= 11 is 0. The van der Waals surface area contributed by atoms with Crippen LogP contribution in [0.2, 0.25) is 0 Å². The molecular weight excluding hydrogens is 226 g/mol. The van der Waals surface area contributed by atoms with E-state index in [9.17, 15) is 0 Å². The summed E-state index contributed by atoms with van der Waals surface area (Å²) in [6, 6.07) is 6.01. The summed E-state index contributed by atoms with van der Waals surface area (Å²) in [7, 11) is 0. The molecule has 90 valence electrons. The van der Waals surface area contributed by atoms with Gasteiger partial charge >= 0.3 is 0 Å². The van der Waals surface area contributed by atoms with Crippen LogP contribution in [-0.2, 0) is 9.47 Å². The lowest BCUT2D eigenvalue weighted by Gasteiger charge is -2.13. The van der Waals surface area contributed by atoms with E-state index < -0.39 is 0 Å². The van der Waals surface area contributed by atoms with Gasteiger partial charge in [0.1, 0.15) is 13.2 Å². The summed E-state index contributed by atoms with van der Waals surface area (Å²) in [6.45, 7) is 1.14. The maximum Gasteiger partial charge on any atom is 0.114 e. The van der Waals surface area contributed by atoms with Crippen molar-refractivity contribution < 1.29 is 9.47 Å². The molecule has 3 heterocycles. The molecule has 18 heavy (non-hydrogen) atoms. The standard InChI is InChI=1S/C15H13NO2/c1-6-14(12-4-2-8-17-10-12)16-15(7-1)13-5-3-9-18-11-13/h1-9H,10-11H2. The predicted octanol–water partition coefficient (Wildman–Crippen LogP) is 2.94. The van der Waals surface area contributed by atoms with Crippen LogP contribution in [0.4, 0.5) is 0 Å². The smallest absolute Gasteiger partial charge is 0.114 e. The van der Waals surface area contributed by atoms with Gasteiger partial charge in [0.05, 0.1) is 23.9 Å². The first-order valence-electron chi connectivity index (χ1n) is 5.86. The van der Waals surface area contributed by atoms with Crippen LogP contribution in [0.3, 0.4) is 0 Å². The zero-order valence-corrected chi connectivity index (χ0v) is 9.87. The Kier molecular flexibility index (Phi) is 2.96. The van der Waals surface area contributed by atoms with Crippen molar-refractivity contribution in [2.24, 2.45) is 0 Å². The third-order valence-corrected chi connectivity index (χ3v) is 2.83. The number of allylic oxidation sites excluding steroid dienone is 4. The van der Waals surface area contributed by atoms with Gasteiger partial charge in [-0.2, -0.15) is 0 Å². The Hall–Kier alpha value is -2.29. The van der Waals surface area contributed by atoms with E-state index in [1.54, 1.807) is 12.5 Å². The molecule has 3 heteroatoms. The van der Waals surface area contributed by atoms with E-state index in [0.717, 1.165) is 22.5 Å². The largest absolute Gasteiger partial charge is 0.496 e. The van der Waals surface area contributed by atoms with Gasteiger partial charge in [-0.25, -0.2) is 4.98 Å². The summed E-state index contributed by atoms with van der Waals surface area (Å²) in [6.07, 6.45) is 11.2. The van der Waals surface area contributed by atoms with Crippen molar-refractivity contribution in [1.82, 2.24) is 4.98 Å². The van der Waals surface area contributed by atoms with Crippen molar-refractivity contribution in [2.75, 3.05) is 13.2 Å². The molecule has 2 aliphatic rings. The average Bonchev–Trinajstić information content (AvgIpc) is 2.49. The molecule has 0 radical (unpaired) electrons. The molecule has 3 rings (SSSR count). The topological polar surface area (TPSA) is 31.4 Å². The minimum absolute atomic E-state index is 0.572. The average molecular weight is 239 g/mol. The molecule has 2 aliphatic heterocycles. The van der Waals surface area contributed by atoms with Crippen LogP contribution in [0.1, 0.15) is 11.4 Å². The maximum absolute atomic E-state index is 5.28. The van der Waals surface area contributed by atoms with Gasteiger partial charge in [-0.3, -0.25) is 0 Å².